The number of rotatable bonds is 4. The molecule has 10 heteroatoms. The van der Waals surface area contributed by atoms with Crippen LogP contribution in [0, 0.1) is 0 Å². The topological polar surface area (TPSA) is 110 Å². The largest absolute Gasteiger partial charge is 2.00 e. The molecule has 2 unspecified atom stereocenters. The van der Waals surface area contributed by atoms with Crippen LogP contribution in [0.5, 0.6) is 0 Å². The van der Waals surface area contributed by atoms with E-state index in [1.807, 2.05) is 0 Å². The van der Waals surface area contributed by atoms with Gasteiger partial charge in [0.2, 0.25) is 0 Å². The number of hydrogen-bond donors (Lipinski definition) is 1. The molecule has 0 saturated carbocycles. The smallest absolute Gasteiger partial charge is 0.781 e. The molecule has 2 atom stereocenters. The molecule has 76 valence electrons. The van der Waals surface area contributed by atoms with Crippen LogP contribution in [-0.4, -0.2) is 55.3 Å². The van der Waals surface area contributed by atoms with E-state index in [1.54, 1.807) is 0 Å². The first-order valence-corrected chi connectivity index (χ1v) is 5.79. The summed E-state index contributed by atoms with van der Waals surface area (Å²) in [4.78, 5) is 18.6. The van der Waals surface area contributed by atoms with E-state index in [4.69, 9.17) is 16.7 Å². The van der Waals surface area contributed by atoms with Crippen LogP contribution in [0.4, 0.5) is 0 Å². The molecule has 0 fully saturated rings. The van der Waals surface area contributed by atoms with E-state index in [0.717, 1.165) is 0 Å². The molecule has 1 N–H and O–H groups in total. The third-order valence-electron chi connectivity index (χ3n) is 0.458. The van der Waals surface area contributed by atoms with Gasteiger partial charge in [-0.2, -0.15) is 0 Å². The Bertz CT molecular complexity index is 132. The van der Waals surface area contributed by atoms with Crippen molar-refractivity contribution >= 4 is 65.8 Å². The van der Waals surface area contributed by atoms with E-state index in [1.165, 1.54) is 0 Å². The van der Waals surface area contributed by atoms with Crippen molar-refractivity contribution in [3.63, 3.8) is 0 Å². The molecule has 0 aromatic heterocycles. The second-order valence-corrected chi connectivity index (χ2v) is 3.56. The van der Waals surface area contributed by atoms with E-state index >= 15 is 0 Å². The molecule has 0 spiro atoms. The van der Waals surface area contributed by atoms with Crippen molar-refractivity contribution < 1.29 is 28.3 Å². The van der Waals surface area contributed by atoms with Crippen molar-refractivity contribution in [1.29, 1.82) is 0 Å². The van der Waals surface area contributed by atoms with E-state index in [2.05, 4.69) is 4.31 Å². The van der Waals surface area contributed by atoms with Gasteiger partial charge in [0.05, 0.1) is 0 Å². The zero-order valence-electron chi connectivity index (χ0n) is 6.69. The standard InChI is InChI=1S/C3H7ClO.Ca.H4O5P2/c4-2-1-3-5;;1-6(2)5-7(3)4/h5H,1-3H2;;6-7H,(H,1,2)(H,3,4)/q;+2;/p-2. The third-order valence-corrected chi connectivity index (χ3v) is 2.06. The van der Waals surface area contributed by atoms with Gasteiger partial charge >= 0.3 is 37.7 Å². The van der Waals surface area contributed by atoms with Gasteiger partial charge in [0, 0.05) is 12.5 Å². The number of aliphatic hydroxyl groups is 1. The Labute approximate surface area is 112 Å². The summed E-state index contributed by atoms with van der Waals surface area (Å²) in [5.41, 5.74) is 0. The Morgan fingerprint density at radius 2 is 1.69 bits per heavy atom. The first kappa shape index (κ1) is 20.3. The van der Waals surface area contributed by atoms with Crippen LogP contribution < -0.4 is 9.79 Å². The summed E-state index contributed by atoms with van der Waals surface area (Å²) < 4.78 is 21.8. The Balaban J connectivity index is -0.000000150. The van der Waals surface area contributed by atoms with Gasteiger partial charge in [-0.05, 0) is 6.42 Å². The molecule has 0 bridgehead atoms. The average Bonchev–Trinajstić information content (AvgIpc) is 1.87. The Kier molecular flexibility index (Phi) is 25.4. The normalized spacial score (nSPS) is 13.2. The Hall–Kier alpha value is 1.85. The molecule has 0 aliphatic rings. The predicted octanol–water partition coefficient (Wildman–Crippen LogP) is -1.27. The van der Waals surface area contributed by atoms with Crippen molar-refractivity contribution in [1.82, 2.24) is 0 Å². The fraction of sp³-hybridized carbons (Fsp3) is 1.00. The zero-order chi connectivity index (χ0) is 9.98. The minimum atomic E-state index is -3.51. The molecule has 6 nitrogen and oxygen atoms in total. The van der Waals surface area contributed by atoms with Gasteiger partial charge in [0.25, 0.3) is 0 Å². The fourth-order valence-electron chi connectivity index (χ4n) is 0.128. The molecule has 0 amide bonds. The Morgan fingerprint density at radius 3 is 1.69 bits per heavy atom. The van der Waals surface area contributed by atoms with Crippen molar-refractivity contribution in [2.45, 2.75) is 6.42 Å². The second kappa shape index (κ2) is 16.3. The van der Waals surface area contributed by atoms with Gasteiger partial charge in [0.15, 0.2) is 0 Å². The Morgan fingerprint density at radius 1 is 1.31 bits per heavy atom. The summed E-state index contributed by atoms with van der Waals surface area (Å²) in [7, 11) is -7.03. The van der Waals surface area contributed by atoms with Crippen LogP contribution >= 0.6 is 28.1 Å². The minimum Gasteiger partial charge on any atom is -0.781 e. The molecule has 0 saturated heterocycles. The number of aliphatic hydroxyl groups excluding tert-OH is 1. The van der Waals surface area contributed by atoms with E-state index < -0.39 is 16.5 Å². The average molecular weight is 279 g/mol. The van der Waals surface area contributed by atoms with E-state index in [0.29, 0.717) is 12.3 Å². The maximum absolute atomic E-state index is 9.29. The van der Waals surface area contributed by atoms with Crippen LogP contribution in [0.3, 0.4) is 0 Å². The first-order chi connectivity index (χ1) is 5.54. The van der Waals surface area contributed by atoms with Crippen molar-refractivity contribution in [3.05, 3.63) is 0 Å². The predicted molar refractivity (Wildman–Crippen MR) is 47.3 cm³/mol. The van der Waals surface area contributed by atoms with E-state index in [9.17, 15) is 18.9 Å². The van der Waals surface area contributed by atoms with Gasteiger partial charge in [0.1, 0.15) is 16.5 Å². The summed E-state index contributed by atoms with van der Waals surface area (Å²) in [6.07, 6.45) is 0.710. The molecule has 0 aliphatic carbocycles. The maximum atomic E-state index is 9.29. The summed E-state index contributed by atoms with van der Waals surface area (Å²) >= 11 is 5.14. The molecule has 0 rings (SSSR count). The van der Waals surface area contributed by atoms with Crippen molar-refractivity contribution in [2.75, 3.05) is 12.5 Å². The third kappa shape index (κ3) is 31.6. The SMILES string of the molecule is O=[PH]([O-])O[PH](=O)[O-].OCCCCl.[Ca+2]. The minimum absolute atomic E-state index is 0. The molecule has 0 radical (unpaired) electrons. The molecular formula is C3H9CaClO6P2. The summed E-state index contributed by atoms with van der Waals surface area (Å²) in [6, 6.07) is 0. The summed E-state index contributed by atoms with van der Waals surface area (Å²) in [5.74, 6) is 0.566. The van der Waals surface area contributed by atoms with Crippen LogP contribution in [0.15, 0.2) is 0 Å². The number of hydrogen-bond acceptors (Lipinski definition) is 6. The molecule has 0 heterocycles. The molecule has 0 aromatic rings. The molecule has 13 heavy (non-hydrogen) atoms. The molecule has 0 aromatic carbocycles. The van der Waals surface area contributed by atoms with Crippen LogP contribution in [0.2, 0.25) is 0 Å². The number of alkyl halides is 1. The van der Waals surface area contributed by atoms with Crippen LogP contribution in [0.25, 0.3) is 0 Å². The summed E-state index contributed by atoms with van der Waals surface area (Å²) in [6.45, 7) is 0.212. The van der Waals surface area contributed by atoms with Gasteiger partial charge in [-0.25, -0.2) is 0 Å². The first-order valence-electron chi connectivity index (χ1n) is 2.81. The number of halogens is 1. The van der Waals surface area contributed by atoms with Gasteiger partial charge < -0.3 is 24.0 Å². The van der Waals surface area contributed by atoms with E-state index in [-0.39, 0.29) is 44.3 Å². The van der Waals surface area contributed by atoms with Crippen LogP contribution in [0.1, 0.15) is 6.42 Å². The van der Waals surface area contributed by atoms with Gasteiger partial charge in [-0.3, -0.25) is 4.31 Å². The molecule has 0 aliphatic heterocycles. The maximum Gasteiger partial charge on any atom is 2.00 e. The van der Waals surface area contributed by atoms with Gasteiger partial charge in [-0.15, -0.1) is 11.6 Å². The zero-order valence-corrected chi connectivity index (χ0v) is 11.7. The van der Waals surface area contributed by atoms with Crippen molar-refractivity contribution in [2.24, 2.45) is 0 Å². The van der Waals surface area contributed by atoms with Crippen molar-refractivity contribution in [3.8, 4) is 0 Å². The quantitative estimate of drug-likeness (QED) is 0.390. The fourth-order valence-corrected chi connectivity index (χ4v) is 0.792. The van der Waals surface area contributed by atoms with Crippen LogP contribution in [-0.2, 0) is 13.4 Å². The summed E-state index contributed by atoms with van der Waals surface area (Å²) in [5, 5.41) is 7.98. The monoisotopic (exact) mass is 278 g/mol. The second-order valence-electron chi connectivity index (χ2n) is 1.37. The van der Waals surface area contributed by atoms with Gasteiger partial charge in [-0.1, -0.05) is 0 Å². The molecular weight excluding hydrogens is 270 g/mol.